The van der Waals surface area contributed by atoms with Gasteiger partial charge >= 0.3 is 0 Å². The molecule has 22 heavy (non-hydrogen) atoms. The Balaban J connectivity index is 1.88. The zero-order valence-electron chi connectivity index (χ0n) is 16.3. The monoisotopic (exact) mass is 304 g/mol. The van der Waals surface area contributed by atoms with E-state index >= 15 is 0 Å². The van der Waals surface area contributed by atoms with Gasteiger partial charge in [0, 0.05) is 0 Å². The molecule has 0 heterocycles. The van der Waals surface area contributed by atoms with E-state index in [4.69, 9.17) is 0 Å². The van der Waals surface area contributed by atoms with E-state index in [2.05, 4.69) is 54.5 Å². The van der Waals surface area contributed by atoms with Crippen molar-refractivity contribution in [3.8, 4) is 0 Å². The Morgan fingerprint density at radius 3 is 2.36 bits per heavy atom. The standard InChI is InChI=1S/C22H40/c1-8-20(22(7)15-21(22,5)6)12-10-17(3)14-19-13-16(2)9-11-18(19)4/h12,16-19H,8-11,13-15H2,1-7H3. The SMILES string of the molecule is CCC(=CCC(C)CC1CC(C)CCC1C)C1(C)CC1(C)C. The van der Waals surface area contributed by atoms with E-state index in [9.17, 15) is 0 Å². The molecule has 2 aliphatic carbocycles. The van der Waals surface area contributed by atoms with Crippen LogP contribution in [-0.4, -0.2) is 0 Å². The summed E-state index contributed by atoms with van der Waals surface area (Å²) >= 11 is 0. The zero-order chi connectivity index (χ0) is 16.5. The molecule has 0 aromatic heterocycles. The molecule has 0 spiro atoms. The molecule has 0 aliphatic heterocycles. The molecule has 5 atom stereocenters. The second-order valence-corrected chi connectivity index (χ2v) is 9.71. The average Bonchev–Trinajstić information content (AvgIpc) is 2.94. The van der Waals surface area contributed by atoms with Crippen LogP contribution in [0.4, 0.5) is 0 Å². The van der Waals surface area contributed by atoms with Crippen LogP contribution in [0.3, 0.4) is 0 Å². The lowest BCUT2D eigenvalue weighted by Crippen LogP contribution is -2.23. The highest BCUT2D eigenvalue weighted by atomic mass is 14.6. The smallest absolute Gasteiger partial charge is 0.00597 e. The largest absolute Gasteiger partial charge is 0.0845 e. The van der Waals surface area contributed by atoms with Crippen molar-refractivity contribution in [2.75, 3.05) is 0 Å². The van der Waals surface area contributed by atoms with Crippen LogP contribution in [0.25, 0.3) is 0 Å². The van der Waals surface area contributed by atoms with Crippen LogP contribution < -0.4 is 0 Å². The minimum absolute atomic E-state index is 0.494. The van der Waals surface area contributed by atoms with Gasteiger partial charge in [-0.15, -0.1) is 0 Å². The first kappa shape index (κ1) is 18.1. The van der Waals surface area contributed by atoms with Gasteiger partial charge < -0.3 is 0 Å². The lowest BCUT2D eigenvalue weighted by Gasteiger charge is -2.34. The summed E-state index contributed by atoms with van der Waals surface area (Å²) in [6.07, 6.45) is 12.4. The minimum Gasteiger partial charge on any atom is -0.0845 e. The van der Waals surface area contributed by atoms with Crippen LogP contribution in [-0.2, 0) is 0 Å². The molecule has 0 radical (unpaired) electrons. The van der Waals surface area contributed by atoms with Gasteiger partial charge in [-0.25, -0.2) is 0 Å². The number of hydrogen-bond acceptors (Lipinski definition) is 0. The first-order valence-electron chi connectivity index (χ1n) is 9.89. The summed E-state index contributed by atoms with van der Waals surface area (Å²) in [5.41, 5.74) is 2.76. The molecule has 0 N–H and O–H groups in total. The van der Waals surface area contributed by atoms with Gasteiger partial charge in [-0.1, -0.05) is 73.0 Å². The highest BCUT2D eigenvalue weighted by molar-refractivity contribution is 5.27. The molecular weight excluding hydrogens is 264 g/mol. The van der Waals surface area contributed by atoms with Gasteiger partial charge in [0.1, 0.15) is 0 Å². The second kappa shape index (κ2) is 6.70. The van der Waals surface area contributed by atoms with Gasteiger partial charge in [-0.3, -0.25) is 0 Å². The molecule has 2 saturated carbocycles. The molecule has 0 nitrogen and oxygen atoms in total. The van der Waals surface area contributed by atoms with Crippen molar-refractivity contribution in [1.29, 1.82) is 0 Å². The molecule has 0 saturated heterocycles. The number of allylic oxidation sites excluding steroid dienone is 2. The fourth-order valence-corrected chi connectivity index (χ4v) is 5.08. The van der Waals surface area contributed by atoms with E-state index in [-0.39, 0.29) is 0 Å². The van der Waals surface area contributed by atoms with Crippen LogP contribution in [0.15, 0.2) is 11.6 Å². The molecule has 2 rings (SSSR count). The molecule has 0 amide bonds. The molecule has 128 valence electrons. The summed E-state index contributed by atoms with van der Waals surface area (Å²) in [6.45, 7) is 17.1. The maximum Gasteiger partial charge on any atom is -0.00597 e. The van der Waals surface area contributed by atoms with Crippen LogP contribution in [0.1, 0.15) is 93.4 Å². The Morgan fingerprint density at radius 2 is 1.82 bits per heavy atom. The molecule has 0 aromatic rings. The van der Waals surface area contributed by atoms with Crippen LogP contribution in [0.5, 0.6) is 0 Å². The summed E-state index contributed by atoms with van der Waals surface area (Å²) < 4.78 is 0. The third-order valence-corrected chi connectivity index (χ3v) is 7.35. The molecule has 5 unspecified atom stereocenters. The van der Waals surface area contributed by atoms with E-state index in [0.29, 0.717) is 10.8 Å². The quantitative estimate of drug-likeness (QED) is 0.453. The first-order chi connectivity index (χ1) is 10.2. The normalized spacial score (nSPS) is 39.6. The van der Waals surface area contributed by atoms with Crippen molar-refractivity contribution < 1.29 is 0 Å². The third-order valence-electron chi connectivity index (χ3n) is 7.35. The fraction of sp³-hybridized carbons (Fsp3) is 0.909. The van der Waals surface area contributed by atoms with Crippen molar-refractivity contribution in [2.45, 2.75) is 93.4 Å². The van der Waals surface area contributed by atoms with E-state index in [0.717, 1.165) is 23.7 Å². The summed E-state index contributed by atoms with van der Waals surface area (Å²) in [4.78, 5) is 0. The van der Waals surface area contributed by atoms with Crippen molar-refractivity contribution in [3.63, 3.8) is 0 Å². The Morgan fingerprint density at radius 1 is 1.18 bits per heavy atom. The minimum atomic E-state index is 0.494. The summed E-state index contributed by atoms with van der Waals surface area (Å²) in [5, 5.41) is 0. The van der Waals surface area contributed by atoms with Crippen LogP contribution in [0, 0.1) is 34.5 Å². The molecule has 2 aliphatic rings. The molecule has 0 aromatic carbocycles. The number of hydrogen-bond donors (Lipinski definition) is 0. The predicted octanol–water partition coefficient (Wildman–Crippen LogP) is 7.25. The highest BCUT2D eigenvalue weighted by Crippen LogP contribution is 2.67. The predicted molar refractivity (Wildman–Crippen MR) is 98.9 cm³/mol. The molecule has 0 heteroatoms. The van der Waals surface area contributed by atoms with Gasteiger partial charge in [-0.05, 0) is 66.6 Å². The van der Waals surface area contributed by atoms with Crippen LogP contribution in [0.2, 0.25) is 0 Å². The summed E-state index contributed by atoms with van der Waals surface area (Å²) in [7, 11) is 0. The van der Waals surface area contributed by atoms with E-state index < -0.39 is 0 Å². The maximum absolute atomic E-state index is 2.62. The Kier molecular flexibility index (Phi) is 5.50. The third kappa shape index (κ3) is 3.80. The highest BCUT2D eigenvalue weighted by Gasteiger charge is 2.58. The van der Waals surface area contributed by atoms with Crippen molar-refractivity contribution >= 4 is 0 Å². The fourth-order valence-electron chi connectivity index (χ4n) is 5.08. The van der Waals surface area contributed by atoms with E-state index in [1.165, 1.54) is 44.9 Å². The Hall–Kier alpha value is -0.260. The topological polar surface area (TPSA) is 0 Å². The van der Waals surface area contributed by atoms with Gasteiger partial charge in [-0.2, -0.15) is 0 Å². The van der Waals surface area contributed by atoms with Gasteiger partial charge in [0.25, 0.3) is 0 Å². The van der Waals surface area contributed by atoms with E-state index in [1.807, 2.05) is 0 Å². The molecule has 0 bridgehead atoms. The Bertz CT molecular complexity index is 402. The van der Waals surface area contributed by atoms with Gasteiger partial charge in [0.05, 0.1) is 0 Å². The van der Waals surface area contributed by atoms with Crippen molar-refractivity contribution in [1.82, 2.24) is 0 Å². The van der Waals surface area contributed by atoms with E-state index in [1.54, 1.807) is 5.57 Å². The lowest BCUT2D eigenvalue weighted by atomic mass is 9.72. The molecule has 2 fully saturated rings. The lowest BCUT2D eigenvalue weighted by molar-refractivity contribution is 0.174. The average molecular weight is 305 g/mol. The van der Waals surface area contributed by atoms with Crippen molar-refractivity contribution in [3.05, 3.63) is 11.6 Å². The molecular formula is C22H40. The van der Waals surface area contributed by atoms with Gasteiger partial charge in [0.2, 0.25) is 0 Å². The number of rotatable bonds is 6. The Labute approximate surface area is 140 Å². The zero-order valence-corrected chi connectivity index (χ0v) is 16.3. The van der Waals surface area contributed by atoms with Crippen LogP contribution >= 0.6 is 0 Å². The maximum atomic E-state index is 2.62. The van der Waals surface area contributed by atoms with Gasteiger partial charge in [0.15, 0.2) is 0 Å². The van der Waals surface area contributed by atoms with Crippen molar-refractivity contribution in [2.24, 2.45) is 34.5 Å². The second-order valence-electron chi connectivity index (χ2n) is 9.71. The summed E-state index contributed by atoms with van der Waals surface area (Å²) in [5.74, 6) is 3.74. The first-order valence-corrected chi connectivity index (χ1v) is 9.89. The summed E-state index contributed by atoms with van der Waals surface area (Å²) in [6, 6.07) is 0.